The SMILES string of the molecule is c1ccc(-c2ccccc2N(c2ccccc2)c2ccc3c(c2)OC(c2ccccc2)(c2ccccc2)c2ccccc2-3)cc1. The summed E-state index contributed by atoms with van der Waals surface area (Å²) in [4.78, 5) is 2.33. The minimum absolute atomic E-state index is 0.815. The number of anilines is 3. The summed E-state index contributed by atoms with van der Waals surface area (Å²) in [6.07, 6.45) is 0. The van der Waals surface area contributed by atoms with Crippen molar-refractivity contribution in [2.45, 2.75) is 5.60 Å². The van der Waals surface area contributed by atoms with Crippen LogP contribution >= 0.6 is 0 Å². The molecular formula is C43H31NO. The number of ether oxygens (including phenoxy) is 1. The van der Waals surface area contributed by atoms with Gasteiger partial charge >= 0.3 is 0 Å². The molecule has 0 saturated heterocycles. The van der Waals surface area contributed by atoms with Crippen molar-refractivity contribution in [2.75, 3.05) is 4.90 Å². The van der Waals surface area contributed by atoms with Gasteiger partial charge in [-0.1, -0.05) is 152 Å². The number of nitrogens with zero attached hydrogens (tertiary/aromatic N) is 1. The predicted octanol–water partition coefficient (Wildman–Crippen LogP) is 11.2. The molecule has 0 fully saturated rings. The van der Waals surface area contributed by atoms with Crippen molar-refractivity contribution < 1.29 is 4.74 Å². The van der Waals surface area contributed by atoms with Crippen molar-refractivity contribution in [3.63, 3.8) is 0 Å². The highest BCUT2D eigenvalue weighted by Gasteiger charge is 2.44. The van der Waals surface area contributed by atoms with E-state index in [1.54, 1.807) is 0 Å². The van der Waals surface area contributed by atoms with Gasteiger partial charge in [0.1, 0.15) is 5.75 Å². The fourth-order valence-electron chi connectivity index (χ4n) is 6.68. The van der Waals surface area contributed by atoms with Crippen LogP contribution in [0.25, 0.3) is 22.3 Å². The van der Waals surface area contributed by atoms with Gasteiger partial charge in [0.2, 0.25) is 0 Å². The number of rotatable bonds is 6. The van der Waals surface area contributed by atoms with Crippen LogP contribution in [0.1, 0.15) is 16.7 Å². The molecule has 0 amide bonds. The van der Waals surface area contributed by atoms with Crippen molar-refractivity contribution in [1.29, 1.82) is 0 Å². The Hall–Kier alpha value is -5.86. The second kappa shape index (κ2) is 11.3. The van der Waals surface area contributed by atoms with Crippen LogP contribution in [0.5, 0.6) is 5.75 Å². The Bertz CT molecular complexity index is 2030. The quantitative estimate of drug-likeness (QED) is 0.195. The standard InChI is InChI=1S/C43H31NO/c1-5-17-32(18-6-1)37-25-14-16-28-41(37)44(35-23-11-4-12-24-35)36-29-30-39-38-26-13-15-27-40(38)43(45-42(39)31-36,33-19-7-2-8-20-33)34-21-9-3-10-22-34/h1-31H. The lowest BCUT2D eigenvalue weighted by Gasteiger charge is -2.41. The third kappa shape index (κ3) is 4.59. The van der Waals surface area contributed by atoms with E-state index in [1.807, 2.05) is 0 Å². The summed E-state index contributed by atoms with van der Waals surface area (Å²) in [7, 11) is 0. The topological polar surface area (TPSA) is 12.5 Å². The maximum absolute atomic E-state index is 7.37. The van der Waals surface area contributed by atoms with Crippen LogP contribution in [0.3, 0.4) is 0 Å². The summed E-state index contributed by atoms with van der Waals surface area (Å²) in [6, 6.07) is 66.2. The van der Waals surface area contributed by atoms with Crippen LogP contribution in [0.4, 0.5) is 17.1 Å². The summed E-state index contributed by atoms with van der Waals surface area (Å²) in [5, 5.41) is 0. The molecule has 0 radical (unpaired) electrons. The van der Waals surface area contributed by atoms with E-state index in [0.29, 0.717) is 0 Å². The second-order valence-corrected chi connectivity index (χ2v) is 11.3. The Kier molecular flexibility index (Phi) is 6.73. The van der Waals surface area contributed by atoms with E-state index in [4.69, 9.17) is 4.74 Å². The van der Waals surface area contributed by atoms with E-state index >= 15 is 0 Å². The van der Waals surface area contributed by atoms with Gasteiger partial charge in [0.25, 0.3) is 0 Å². The van der Waals surface area contributed by atoms with Gasteiger partial charge in [-0.3, -0.25) is 0 Å². The Morgan fingerprint density at radius 1 is 0.400 bits per heavy atom. The first-order chi connectivity index (χ1) is 22.3. The Morgan fingerprint density at radius 3 is 1.60 bits per heavy atom. The molecule has 45 heavy (non-hydrogen) atoms. The number of hydrogen-bond acceptors (Lipinski definition) is 2. The molecule has 7 aromatic rings. The average Bonchev–Trinajstić information content (AvgIpc) is 3.13. The third-order valence-electron chi connectivity index (χ3n) is 8.69. The molecule has 0 aromatic heterocycles. The molecule has 214 valence electrons. The van der Waals surface area contributed by atoms with Gasteiger partial charge in [0.05, 0.1) is 5.69 Å². The van der Waals surface area contributed by atoms with E-state index < -0.39 is 5.60 Å². The fourth-order valence-corrected chi connectivity index (χ4v) is 6.68. The van der Waals surface area contributed by atoms with E-state index in [9.17, 15) is 0 Å². The van der Waals surface area contributed by atoms with E-state index in [1.165, 1.54) is 11.1 Å². The summed E-state index contributed by atoms with van der Waals surface area (Å²) in [5.74, 6) is 0.844. The molecule has 1 aliphatic heterocycles. The molecule has 0 atom stereocenters. The normalized spacial score (nSPS) is 12.8. The summed E-state index contributed by atoms with van der Waals surface area (Å²) in [6.45, 7) is 0. The highest BCUT2D eigenvalue weighted by molar-refractivity contribution is 5.90. The Balaban J connectivity index is 1.36. The molecule has 0 bridgehead atoms. The molecule has 0 saturated carbocycles. The first-order valence-corrected chi connectivity index (χ1v) is 15.4. The number of benzene rings is 7. The van der Waals surface area contributed by atoms with Crippen LogP contribution in [-0.4, -0.2) is 0 Å². The zero-order valence-corrected chi connectivity index (χ0v) is 24.8. The lowest BCUT2D eigenvalue weighted by atomic mass is 9.75. The molecule has 0 unspecified atom stereocenters. The van der Waals surface area contributed by atoms with Gasteiger partial charge in [-0.05, 0) is 41.5 Å². The fraction of sp³-hybridized carbons (Fsp3) is 0.0233. The molecular weight excluding hydrogens is 546 g/mol. The first kappa shape index (κ1) is 26.7. The smallest absolute Gasteiger partial charge is 0.185 e. The number of fused-ring (bicyclic) bond motifs is 3. The van der Waals surface area contributed by atoms with E-state index in [2.05, 4.69) is 193 Å². The molecule has 2 nitrogen and oxygen atoms in total. The Morgan fingerprint density at radius 2 is 0.933 bits per heavy atom. The summed E-state index contributed by atoms with van der Waals surface area (Å²) >= 11 is 0. The maximum Gasteiger partial charge on any atom is 0.185 e. The van der Waals surface area contributed by atoms with Crippen LogP contribution < -0.4 is 9.64 Å². The van der Waals surface area contributed by atoms with E-state index in [-0.39, 0.29) is 0 Å². The van der Waals surface area contributed by atoms with Gasteiger partial charge in [-0.25, -0.2) is 0 Å². The van der Waals surface area contributed by atoms with Crippen molar-refractivity contribution in [3.05, 3.63) is 205 Å². The number of hydrogen-bond donors (Lipinski definition) is 0. The molecule has 2 heteroatoms. The van der Waals surface area contributed by atoms with Crippen LogP contribution in [-0.2, 0) is 5.60 Å². The average molecular weight is 578 g/mol. The maximum atomic E-state index is 7.37. The molecule has 1 aliphatic rings. The largest absolute Gasteiger partial charge is 0.472 e. The highest BCUT2D eigenvalue weighted by atomic mass is 16.5. The second-order valence-electron chi connectivity index (χ2n) is 11.3. The number of para-hydroxylation sites is 2. The van der Waals surface area contributed by atoms with Gasteiger partial charge < -0.3 is 9.64 Å². The zero-order valence-electron chi connectivity index (χ0n) is 24.8. The summed E-state index contributed by atoms with van der Waals surface area (Å²) in [5.41, 5.74) is 10.3. The van der Waals surface area contributed by atoms with Gasteiger partial charge in [-0.2, -0.15) is 0 Å². The van der Waals surface area contributed by atoms with Gasteiger partial charge in [0, 0.05) is 45.3 Å². The zero-order chi connectivity index (χ0) is 30.1. The third-order valence-corrected chi connectivity index (χ3v) is 8.69. The monoisotopic (exact) mass is 577 g/mol. The minimum Gasteiger partial charge on any atom is -0.472 e. The molecule has 0 spiro atoms. The molecule has 8 rings (SSSR count). The van der Waals surface area contributed by atoms with Crippen LogP contribution in [0, 0.1) is 0 Å². The van der Waals surface area contributed by atoms with Gasteiger partial charge in [-0.15, -0.1) is 0 Å². The Labute approximate surface area is 264 Å². The molecule has 7 aromatic carbocycles. The molecule has 0 aliphatic carbocycles. The molecule has 1 heterocycles. The first-order valence-electron chi connectivity index (χ1n) is 15.4. The van der Waals surface area contributed by atoms with Crippen LogP contribution in [0.15, 0.2) is 188 Å². The van der Waals surface area contributed by atoms with Crippen molar-refractivity contribution in [1.82, 2.24) is 0 Å². The lowest BCUT2D eigenvalue weighted by Crippen LogP contribution is -2.38. The highest BCUT2D eigenvalue weighted by Crippen LogP contribution is 2.53. The van der Waals surface area contributed by atoms with Crippen molar-refractivity contribution in [3.8, 4) is 28.0 Å². The minimum atomic E-state index is -0.815. The molecule has 0 N–H and O–H groups in total. The van der Waals surface area contributed by atoms with Crippen LogP contribution in [0.2, 0.25) is 0 Å². The van der Waals surface area contributed by atoms with E-state index in [0.717, 1.165) is 50.6 Å². The van der Waals surface area contributed by atoms with Gasteiger partial charge in [0.15, 0.2) is 5.60 Å². The van der Waals surface area contributed by atoms with Crippen molar-refractivity contribution in [2.24, 2.45) is 0 Å². The predicted molar refractivity (Wildman–Crippen MR) is 185 cm³/mol. The summed E-state index contributed by atoms with van der Waals surface area (Å²) < 4.78 is 7.37. The van der Waals surface area contributed by atoms with Crippen molar-refractivity contribution >= 4 is 17.1 Å². The lowest BCUT2D eigenvalue weighted by molar-refractivity contribution is 0.152.